The average Bonchev–Trinajstić information content (AvgIpc) is 2.97. The summed E-state index contributed by atoms with van der Waals surface area (Å²) in [6, 6.07) is 8.14. The van der Waals surface area contributed by atoms with Gasteiger partial charge in [0.2, 0.25) is 11.8 Å². The molecule has 1 aromatic heterocycles. The molecule has 3 N–H and O–H groups in total. The van der Waals surface area contributed by atoms with E-state index in [1.54, 1.807) is 23.5 Å². The number of anilines is 1. The first kappa shape index (κ1) is 18.8. The summed E-state index contributed by atoms with van der Waals surface area (Å²) in [5.74, 6) is -1.50. The van der Waals surface area contributed by atoms with Gasteiger partial charge in [-0.05, 0) is 30.5 Å². The zero-order chi connectivity index (χ0) is 19.6. The lowest BCUT2D eigenvalue weighted by Crippen LogP contribution is -2.44. The van der Waals surface area contributed by atoms with Gasteiger partial charge in [0.1, 0.15) is 5.82 Å². The van der Waals surface area contributed by atoms with Gasteiger partial charge in [-0.1, -0.05) is 13.0 Å². The molecule has 1 aromatic carbocycles. The normalized spacial score (nSPS) is 19.8. The van der Waals surface area contributed by atoms with Crippen molar-refractivity contribution in [3.8, 4) is 5.69 Å². The van der Waals surface area contributed by atoms with Crippen molar-refractivity contribution in [2.45, 2.75) is 13.0 Å². The second-order valence-corrected chi connectivity index (χ2v) is 6.57. The SMILES string of the molecule is C[C@H]1[CH]C(C(N)=O)N(CC(=O)Nc2ccc(-n3ccccc3=O)cc2F)C1. The van der Waals surface area contributed by atoms with Crippen LogP contribution in [0.25, 0.3) is 5.69 Å². The summed E-state index contributed by atoms with van der Waals surface area (Å²) in [7, 11) is 0. The first-order valence-electron chi connectivity index (χ1n) is 8.51. The van der Waals surface area contributed by atoms with Crippen molar-refractivity contribution >= 4 is 17.5 Å². The number of hydrogen-bond acceptors (Lipinski definition) is 4. The van der Waals surface area contributed by atoms with Crippen molar-refractivity contribution < 1.29 is 14.0 Å². The highest BCUT2D eigenvalue weighted by atomic mass is 19.1. The fraction of sp³-hybridized carbons (Fsp3) is 0.263. The standard InChI is InChI=1S/C19H20FN4O3/c1-12-8-16(19(21)27)23(10-12)11-17(25)22-15-6-5-13(9-14(15)20)24-7-3-2-4-18(24)26/h2-9,12,16H,10-11H2,1H3,(H2,21,27)(H,22,25)/t12-,16?/m0/s1. The van der Waals surface area contributed by atoms with E-state index >= 15 is 0 Å². The molecule has 1 fully saturated rings. The Bertz CT molecular complexity index is 927. The number of nitrogens with zero attached hydrogens (tertiary/aromatic N) is 2. The lowest BCUT2D eigenvalue weighted by Gasteiger charge is -2.21. The number of pyridine rings is 1. The van der Waals surface area contributed by atoms with Crippen LogP contribution in [-0.4, -0.2) is 40.4 Å². The van der Waals surface area contributed by atoms with Crippen LogP contribution < -0.4 is 16.6 Å². The van der Waals surface area contributed by atoms with Crippen molar-refractivity contribution in [2.24, 2.45) is 11.7 Å². The number of carbonyl (C=O) groups excluding carboxylic acids is 2. The summed E-state index contributed by atoms with van der Waals surface area (Å²) < 4.78 is 15.7. The number of likely N-dealkylation sites (tertiary alicyclic amines) is 1. The van der Waals surface area contributed by atoms with Crippen LogP contribution in [0, 0.1) is 18.2 Å². The number of rotatable bonds is 5. The Morgan fingerprint density at radius 1 is 1.30 bits per heavy atom. The van der Waals surface area contributed by atoms with Crippen LogP contribution in [0.4, 0.5) is 10.1 Å². The molecule has 0 bridgehead atoms. The molecule has 141 valence electrons. The van der Waals surface area contributed by atoms with Gasteiger partial charge in [-0.3, -0.25) is 23.9 Å². The third-order valence-corrected chi connectivity index (χ3v) is 4.39. The zero-order valence-electron chi connectivity index (χ0n) is 14.8. The minimum Gasteiger partial charge on any atom is -0.368 e. The molecule has 0 spiro atoms. The van der Waals surface area contributed by atoms with Gasteiger partial charge in [-0.15, -0.1) is 0 Å². The third kappa shape index (κ3) is 4.22. The number of benzene rings is 1. The van der Waals surface area contributed by atoms with Gasteiger partial charge >= 0.3 is 0 Å². The lowest BCUT2D eigenvalue weighted by atomic mass is 10.1. The Balaban J connectivity index is 1.71. The maximum atomic E-state index is 14.4. The minimum absolute atomic E-state index is 0.000389. The highest BCUT2D eigenvalue weighted by Gasteiger charge is 2.34. The Kier molecular flexibility index (Phi) is 5.36. The van der Waals surface area contributed by atoms with Crippen LogP contribution in [0.2, 0.25) is 0 Å². The first-order chi connectivity index (χ1) is 12.8. The van der Waals surface area contributed by atoms with E-state index in [0.717, 1.165) is 0 Å². The van der Waals surface area contributed by atoms with Crippen molar-refractivity contribution in [1.82, 2.24) is 9.47 Å². The van der Waals surface area contributed by atoms with Gasteiger partial charge in [-0.25, -0.2) is 4.39 Å². The van der Waals surface area contributed by atoms with Gasteiger partial charge in [0, 0.05) is 24.9 Å². The molecule has 2 heterocycles. The summed E-state index contributed by atoms with van der Waals surface area (Å²) in [5, 5.41) is 2.50. The Morgan fingerprint density at radius 3 is 2.74 bits per heavy atom. The maximum Gasteiger partial charge on any atom is 0.255 e. The predicted octanol–water partition coefficient (Wildman–Crippen LogP) is 0.925. The summed E-state index contributed by atoms with van der Waals surface area (Å²) >= 11 is 0. The van der Waals surface area contributed by atoms with E-state index < -0.39 is 23.7 Å². The summed E-state index contributed by atoms with van der Waals surface area (Å²) in [6.45, 7) is 2.38. The van der Waals surface area contributed by atoms with E-state index in [-0.39, 0.29) is 23.7 Å². The van der Waals surface area contributed by atoms with Gasteiger partial charge in [0.25, 0.3) is 5.56 Å². The van der Waals surface area contributed by atoms with Crippen LogP contribution in [0.1, 0.15) is 6.92 Å². The average molecular weight is 371 g/mol. The summed E-state index contributed by atoms with van der Waals surface area (Å²) in [5.41, 5.74) is 5.42. The number of aromatic nitrogens is 1. The zero-order valence-corrected chi connectivity index (χ0v) is 14.8. The van der Waals surface area contributed by atoms with Crippen molar-refractivity contribution in [3.05, 3.63) is 65.2 Å². The molecule has 3 rings (SSSR count). The Hall–Kier alpha value is -3.00. The topological polar surface area (TPSA) is 97.4 Å². The van der Waals surface area contributed by atoms with E-state index in [2.05, 4.69) is 5.32 Å². The molecule has 8 heteroatoms. The molecular weight excluding hydrogens is 351 g/mol. The largest absolute Gasteiger partial charge is 0.368 e. The van der Waals surface area contributed by atoms with Crippen molar-refractivity contribution in [3.63, 3.8) is 0 Å². The molecule has 2 atom stereocenters. The highest BCUT2D eigenvalue weighted by Crippen LogP contribution is 2.22. The molecular formula is C19H20FN4O3. The number of halogens is 1. The molecule has 1 unspecified atom stereocenters. The van der Waals surface area contributed by atoms with Crippen molar-refractivity contribution in [2.75, 3.05) is 18.4 Å². The number of hydrogen-bond donors (Lipinski definition) is 2. The van der Waals surface area contributed by atoms with Crippen LogP contribution in [0.5, 0.6) is 0 Å². The van der Waals surface area contributed by atoms with E-state index in [1.165, 1.54) is 35.0 Å². The van der Waals surface area contributed by atoms with Gasteiger partial charge < -0.3 is 11.1 Å². The van der Waals surface area contributed by atoms with Crippen LogP contribution in [0.3, 0.4) is 0 Å². The molecule has 0 aliphatic carbocycles. The lowest BCUT2D eigenvalue weighted by molar-refractivity contribution is -0.123. The van der Waals surface area contributed by atoms with E-state index in [1.807, 2.05) is 6.92 Å². The van der Waals surface area contributed by atoms with E-state index in [4.69, 9.17) is 5.73 Å². The maximum absolute atomic E-state index is 14.4. The first-order valence-corrected chi connectivity index (χ1v) is 8.51. The molecule has 1 aliphatic rings. The number of primary amides is 1. The van der Waals surface area contributed by atoms with E-state index in [9.17, 15) is 18.8 Å². The highest BCUT2D eigenvalue weighted by molar-refractivity contribution is 5.93. The van der Waals surface area contributed by atoms with Crippen LogP contribution >= 0.6 is 0 Å². The molecule has 0 saturated carbocycles. The van der Waals surface area contributed by atoms with Crippen LogP contribution in [-0.2, 0) is 9.59 Å². The van der Waals surface area contributed by atoms with E-state index in [0.29, 0.717) is 12.2 Å². The van der Waals surface area contributed by atoms with Gasteiger partial charge in [-0.2, -0.15) is 0 Å². The third-order valence-electron chi connectivity index (χ3n) is 4.39. The molecule has 1 radical (unpaired) electrons. The molecule has 7 nitrogen and oxygen atoms in total. The van der Waals surface area contributed by atoms with Gasteiger partial charge in [0.05, 0.1) is 24.0 Å². The molecule has 2 amide bonds. The molecule has 2 aromatic rings. The number of nitrogens with one attached hydrogen (secondary N) is 1. The smallest absolute Gasteiger partial charge is 0.255 e. The second-order valence-electron chi connectivity index (χ2n) is 6.57. The van der Waals surface area contributed by atoms with Crippen LogP contribution in [0.15, 0.2) is 47.4 Å². The fourth-order valence-electron chi connectivity index (χ4n) is 3.19. The molecule has 1 saturated heterocycles. The predicted molar refractivity (Wildman–Crippen MR) is 98.6 cm³/mol. The summed E-state index contributed by atoms with van der Waals surface area (Å²) in [6.07, 6.45) is 3.33. The molecule has 1 aliphatic heterocycles. The monoisotopic (exact) mass is 371 g/mol. The second kappa shape index (κ2) is 7.71. The summed E-state index contributed by atoms with van der Waals surface area (Å²) in [4.78, 5) is 37.2. The van der Waals surface area contributed by atoms with Crippen molar-refractivity contribution in [1.29, 1.82) is 0 Å². The fourth-order valence-corrected chi connectivity index (χ4v) is 3.19. The van der Waals surface area contributed by atoms with Gasteiger partial charge in [0.15, 0.2) is 0 Å². The number of nitrogens with two attached hydrogens (primary N) is 1. The number of carbonyl (C=O) groups is 2. The Morgan fingerprint density at radius 2 is 2.07 bits per heavy atom. The number of amides is 2. The molecule has 27 heavy (non-hydrogen) atoms. The minimum atomic E-state index is -0.663. The quantitative estimate of drug-likeness (QED) is 0.817. The Labute approximate surface area is 155 Å².